The van der Waals surface area contributed by atoms with Crippen LogP contribution in [-0.2, 0) is 0 Å². The van der Waals surface area contributed by atoms with Crippen LogP contribution in [0.4, 0.5) is 0 Å². The first-order chi connectivity index (χ1) is 8.43. The zero-order chi connectivity index (χ0) is 11.5. The van der Waals surface area contributed by atoms with E-state index >= 15 is 0 Å². The van der Waals surface area contributed by atoms with Crippen LogP contribution in [0.15, 0.2) is 0 Å². The number of hydrogen-bond acceptors (Lipinski definition) is 2. The van der Waals surface area contributed by atoms with Gasteiger partial charge in [0.15, 0.2) is 0 Å². The molecule has 3 fully saturated rings. The molecule has 0 spiro atoms. The first kappa shape index (κ1) is 14.6. The second-order valence-electron chi connectivity index (χ2n) is 6.46. The number of rotatable bonds is 3. The Morgan fingerprint density at radius 2 is 1.78 bits per heavy atom. The molecule has 106 valence electrons. The fourth-order valence-electron chi connectivity index (χ4n) is 4.37. The normalized spacial score (nSPS) is 34.7. The largest absolute Gasteiger partial charge is 0.316 e. The van der Waals surface area contributed by atoms with E-state index in [1.54, 1.807) is 0 Å². The Balaban J connectivity index is 0.00000120. The van der Waals surface area contributed by atoms with Crippen molar-refractivity contribution in [3.63, 3.8) is 0 Å². The molecule has 0 bridgehead atoms. The highest BCUT2D eigenvalue weighted by Gasteiger charge is 2.34. The Bertz CT molecular complexity index is 235. The maximum Gasteiger partial charge on any atom is 0.0124 e. The van der Waals surface area contributed by atoms with Crippen molar-refractivity contribution in [1.29, 1.82) is 0 Å². The number of hydrogen-bond donors (Lipinski definition) is 1. The Hall–Kier alpha value is 0.210. The third-order valence-corrected chi connectivity index (χ3v) is 5.25. The smallest absolute Gasteiger partial charge is 0.0124 e. The first-order valence-electron chi connectivity index (χ1n) is 7.88. The summed E-state index contributed by atoms with van der Waals surface area (Å²) in [6.07, 6.45) is 11.8. The zero-order valence-corrected chi connectivity index (χ0v) is 12.4. The lowest BCUT2D eigenvalue weighted by atomic mass is 9.94. The van der Waals surface area contributed by atoms with E-state index in [-0.39, 0.29) is 12.4 Å². The van der Waals surface area contributed by atoms with Gasteiger partial charge in [-0.3, -0.25) is 4.90 Å². The summed E-state index contributed by atoms with van der Waals surface area (Å²) in [4.78, 5) is 2.85. The quantitative estimate of drug-likeness (QED) is 0.850. The molecule has 1 N–H and O–H groups in total. The van der Waals surface area contributed by atoms with Crippen molar-refractivity contribution in [2.45, 2.75) is 57.4 Å². The van der Waals surface area contributed by atoms with Gasteiger partial charge in [-0.05, 0) is 70.0 Å². The topological polar surface area (TPSA) is 15.3 Å². The van der Waals surface area contributed by atoms with Crippen LogP contribution in [0.3, 0.4) is 0 Å². The van der Waals surface area contributed by atoms with E-state index < -0.39 is 0 Å². The zero-order valence-electron chi connectivity index (χ0n) is 11.6. The van der Waals surface area contributed by atoms with Crippen LogP contribution in [0.1, 0.15) is 51.4 Å². The maximum absolute atomic E-state index is 3.57. The predicted octanol–water partition coefficient (Wildman–Crippen LogP) is 3.06. The average molecular weight is 273 g/mol. The van der Waals surface area contributed by atoms with Gasteiger partial charge < -0.3 is 5.32 Å². The molecular weight excluding hydrogens is 244 g/mol. The molecule has 2 unspecified atom stereocenters. The molecule has 0 amide bonds. The van der Waals surface area contributed by atoms with Gasteiger partial charge in [0.2, 0.25) is 0 Å². The van der Waals surface area contributed by atoms with Crippen LogP contribution < -0.4 is 5.32 Å². The lowest BCUT2D eigenvalue weighted by molar-refractivity contribution is 0.153. The average Bonchev–Trinajstić information content (AvgIpc) is 3.00. The molecule has 0 aromatic heterocycles. The van der Waals surface area contributed by atoms with Gasteiger partial charge in [-0.25, -0.2) is 0 Å². The first-order valence-corrected chi connectivity index (χ1v) is 7.88. The van der Waals surface area contributed by atoms with Gasteiger partial charge in [0.1, 0.15) is 0 Å². The lowest BCUT2D eigenvalue weighted by Crippen LogP contribution is -2.42. The molecule has 0 aromatic rings. The molecule has 3 rings (SSSR count). The highest BCUT2D eigenvalue weighted by atomic mass is 35.5. The summed E-state index contributed by atoms with van der Waals surface area (Å²) in [5, 5.41) is 3.57. The van der Waals surface area contributed by atoms with Crippen molar-refractivity contribution in [2.75, 3.05) is 26.2 Å². The summed E-state index contributed by atoms with van der Waals surface area (Å²) in [6.45, 7) is 5.29. The minimum absolute atomic E-state index is 0. The molecule has 2 heterocycles. The Morgan fingerprint density at radius 1 is 0.944 bits per heavy atom. The number of likely N-dealkylation sites (tertiary alicyclic amines) is 1. The molecule has 2 saturated heterocycles. The van der Waals surface area contributed by atoms with E-state index in [9.17, 15) is 0 Å². The van der Waals surface area contributed by atoms with Crippen LogP contribution in [0, 0.1) is 11.8 Å². The fourth-order valence-corrected chi connectivity index (χ4v) is 4.37. The molecular formula is C15H29ClN2. The third kappa shape index (κ3) is 3.40. The summed E-state index contributed by atoms with van der Waals surface area (Å²) < 4.78 is 0. The molecule has 2 nitrogen and oxygen atoms in total. The van der Waals surface area contributed by atoms with E-state index in [2.05, 4.69) is 10.2 Å². The molecule has 3 aliphatic rings. The van der Waals surface area contributed by atoms with E-state index in [0.29, 0.717) is 0 Å². The Morgan fingerprint density at radius 3 is 2.50 bits per heavy atom. The van der Waals surface area contributed by atoms with E-state index in [0.717, 1.165) is 17.9 Å². The van der Waals surface area contributed by atoms with Crippen molar-refractivity contribution in [3.05, 3.63) is 0 Å². The molecule has 0 aromatic carbocycles. The van der Waals surface area contributed by atoms with Crippen molar-refractivity contribution >= 4 is 12.4 Å². The highest BCUT2D eigenvalue weighted by molar-refractivity contribution is 5.85. The standard InChI is InChI=1S/C15H28N2.ClH/c1-2-7-14(6-1)15-8-4-10-17(15)12-13-5-3-9-16-11-13;/h13-16H,1-12H2;1H. The van der Waals surface area contributed by atoms with E-state index in [1.807, 2.05) is 0 Å². The summed E-state index contributed by atoms with van der Waals surface area (Å²) in [6, 6.07) is 0.958. The van der Waals surface area contributed by atoms with Crippen LogP contribution in [0.25, 0.3) is 0 Å². The lowest BCUT2D eigenvalue weighted by Gasteiger charge is -2.34. The second kappa shape index (κ2) is 7.12. The van der Waals surface area contributed by atoms with Gasteiger partial charge >= 0.3 is 0 Å². The van der Waals surface area contributed by atoms with Gasteiger partial charge in [0, 0.05) is 12.6 Å². The van der Waals surface area contributed by atoms with Gasteiger partial charge in [-0.15, -0.1) is 12.4 Å². The monoisotopic (exact) mass is 272 g/mol. The van der Waals surface area contributed by atoms with Crippen molar-refractivity contribution in [2.24, 2.45) is 11.8 Å². The summed E-state index contributed by atoms with van der Waals surface area (Å²) in [5.41, 5.74) is 0. The summed E-state index contributed by atoms with van der Waals surface area (Å²) in [5.74, 6) is 1.99. The molecule has 0 radical (unpaired) electrons. The van der Waals surface area contributed by atoms with Crippen molar-refractivity contribution in [1.82, 2.24) is 10.2 Å². The Kier molecular flexibility index (Phi) is 5.78. The van der Waals surface area contributed by atoms with Crippen LogP contribution in [-0.4, -0.2) is 37.1 Å². The van der Waals surface area contributed by atoms with Crippen molar-refractivity contribution < 1.29 is 0 Å². The van der Waals surface area contributed by atoms with Gasteiger partial charge in [-0.2, -0.15) is 0 Å². The minimum atomic E-state index is 0. The van der Waals surface area contributed by atoms with Crippen molar-refractivity contribution in [3.8, 4) is 0 Å². The van der Waals surface area contributed by atoms with Gasteiger partial charge in [0.25, 0.3) is 0 Å². The predicted molar refractivity (Wildman–Crippen MR) is 79.4 cm³/mol. The SMILES string of the molecule is C1CNCC(CN2CCCC2C2CCCC2)C1.Cl. The molecule has 18 heavy (non-hydrogen) atoms. The molecule has 2 aliphatic heterocycles. The Labute approximate surface area is 118 Å². The number of piperidine rings is 1. The molecule has 2 atom stereocenters. The van der Waals surface area contributed by atoms with Crippen LogP contribution in [0.5, 0.6) is 0 Å². The second-order valence-corrected chi connectivity index (χ2v) is 6.46. The van der Waals surface area contributed by atoms with Crippen LogP contribution >= 0.6 is 12.4 Å². The highest BCUT2D eigenvalue weighted by Crippen LogP contribution is 2.35. The van der Waals surface area contributed by atoms with E-state index in [1.165, 1.54) is 77.5 Å². The number of nitrogens with zero attached hydrogens (tertiary/aromatic N) is 1. The maximum atomic E-state index is 3.57. The molecule has 1 aliphatic carbocycles. The van der Waals surface area contributed by atoms with Gasteiger partial charge in [-0.1, -0.05) is 12.8 Å². The van der Waals surface area contributed by atoms with Gasteiger partial charge in [0.05, 0.1) is 0 Å². The minimum Gasteiger partial charge on any atom is -0.316 e. The summed E-state index contributed by atoms with van der Waals surface area (Å²) in [7, 11) is 0. The van der Waals surface area contributed by atoms with Crippen LogP contribution in [0.2, 0.25) is 0 Å². The summed E-state index contributed by atoms with van der Waals surface area (Å²) >= 11 is 0. The molecule has 3 heteroatoms. The third-order valence-electron chi connectivity index (χ3n) is 5.25. The molecule has 1 saturated carbocycles. The number of nitrogens with one attached hydrogen (secondary N) is 1. The number of halogens is 1. The fraction of sp³-hybridized carbons (Fsp3) is 1.00. The van der Waals surface area contributed by atoms with E-state index in [4.69, 9.17) is 0 Å².